The number of sulfonamides is 1. The summed E-state index contributed by atoms with van der Waals surface area (Å²) in [4.78, 5) is 15.9. The van der Waals surface area contributed by atoms with Crippen LogP contribution in [0, 0.1) is 0 Å². The van der Waals surface area contributed by atoms with Crippen molar-refractivity contribution in [2.75, 3.05) is 41.3 Å². The van der Waals surface area contributed by atoms with E-state index in [1.807, 2.05) is 36.4 Å². The van der Waals surface area contributed by atoms with Crippen LogP contribution in [-0.2, 0) is 20.2 Å². The van der Waals surface area contributed by atoms with Crippen LogP contribution >= 0.6 is 0 Å². The highest BCUT2D eigenvalue weighted by Crippen LogP contribution is 2.40. The molecule has 1 N–H and O–H groups in total. The van der Waals surface area contributed by atoms with Gasteiger partial charge >= 0.3 is 0 Å². The van der Waals surface area contributed by atoms with Gasteiger partial charge < -0.3 is 19.7 Å². The minimum Gasteiger partial charge on any atom is -0.497 e. The molecule has 0 bridgehead atoms. The number of rotatable bonds is 6. The van der Waals surface area contributed by atoms with Crippen molar-refractivity contribution in [3.63, 3.8) is 0 Å². The quantitative estimate of drug-likeness (QED) is 0.422. The number of hydrogen-bond acceptors (Lipinski definition) is 6. The molecule has 0 aliphatic carbocycles. The average Bonchev–Trinajstić information content (AvgIpc) is 2.96. The zero-order chi connectivity index (χ0) is 28.5. The second kappa shape index (κ2) is 11.0. The summed E-state index contributed by atoms with van der Waals surface area (Å²) in [6.07, 6.45) is 2.60. The van der Waals surface area contributed by atoms with Gasteiger partial charge in [-0.2, -0.15) is 0 Å². The summed E-state index contributed by atoms with van der Waals surface area (Å²) >= 11 is 0. The van der Waals surface area contributed by atoms with E-state index in [1.165, 1.54) is 42.8 Å². The number of carbonyl (C=O) groups is 1. The molecular weight excluding hydrogens is 526 g/mol. The Kier molecular flexibility index (Phi) is 7.68. The smallest absolute Gasteiger partial charge is 0.267 e. The van der Waals surface area contributed by atoms with Gasteiger partial charge in [-0.1, -0.05) is 26.8 Å². The number of benzene rings is 3. The fourth-order valence-electron chi connectivity index (χ4n) is 5.09. The van der Waals surface area contributed by atoms with Crippen molar-refractivity contribution in [2.45, 2.75) is 56.4 Å². The number of methoxy groups -OCH3 is 1. The molecule has 40 heavy (non-hydrogen) atoms. The van der Waals surface area contributed by atoms with Gasteiger partial charge in [-0.15, -0.1) is 0 Å². The molecule has 2 heterocycles. The zero-order valence-electron chi connectivity index (χ0n) is 23.5. The van der Waals surface area contributed by atoms with Crippen molar-refractivity contribution in [1.82, 2.24) is 0 Å². The number of carbonyl (C=O) groups excluding carboxylic acids is 1. The lowest BCUT2D eigenvalue weighted by molar-refractivity contribution is -0.122. The Balaban J connectivity index is 1.42. The topological polar surface area (TPSA) is 88.2 Å². The minimum atomic E-state index is -4.01. The second-order valence-electron chi connectivity index (χ2n) is 11.3. The molecule has 0 aromatic heterocycles. The fraction of sp³-hybridized carbons (Fsp3) is 0.387. The Labute approximate surface area is 236 Å². The van der Waals surface area contributed by atoms with Crippen LogP contribution in [-0.4, -0.2) is 47.2 Å². The van der Waals surface area contributed by atoms with Crippen LogP contribution in [0.1, 0.15) is 45.6 Å². The van der Waals surface area contributed by atoms with Crippen molar-refractivity contribution in [2.24, 2.45) is 0 Å². The predicted octanol–water partition coefficient (Wildman–Crippen LogP) is 5.58. The van der Waals surface area contributed by atoms with Crippen LogP contribution in [0.3, 0.4) is 0 Å². The van der Waals surface area contributed by atoms with Crippen molar-refractivity contribution in [3.05, 3.63) is 72.3 Å². The second-order valence-corrected chi connectivity index (χ2v) is 13.2. The molecule has 2 aliphatic rings. The molecule has 0 radical (unpaired) electrons. The van der Waals surface area contributed by atoms with Gasteiger partial charge in [0.2, 0.25) is 0 Å². The first kappa shape index (κ1) is 27.8. The number of piperidine rings is 1. The van der Waals surface area contributed by atoms with Crippen molar-refractivity contribution in [1.29, 1.82) is 0 Å². The van der Waals surface area contributed by atoms with Crippen molar-refractivity contribution < 1.29 is 22.7 Å². The molecular formula is C31H37N3O5S. The summed E-state index contributed by atoms with van der Waals surface area (Å²) in [6, 6.07) is 19.5. The van der Waals surface area contributed by atoms with Gasteiger partial charge in [0.1, 0.15) is 11.5 Å². The molecule has 1 unspecified atom stereocenters. The van der Waals surface area contributed by atoms with Gasteiger partial charge in [-0.25, -0.2) is 8.42 Å². The molecule has 8 nitrogen and oxygen atoms in total. The van der Waals surface area contributed by atoms with E-state index in [1.54, 1.807) is 18.2 Å². The van der Waals surface area contributed by atoms with Crippen LogP contribution in [0.4, 0.5) is 17.1 Å². The zero-order valence-corrected chi connectivity index (χ0v) is 24.3. The van der Waals surface area contributed by atoms with E-state index in [0.717, 1.165) is 24.3 Å². The molecule has 0 spiro atoms. The Morgan fingerprint density at radius 1 is 0.950 bits per heavy atom. The fourth-order valence-corrected chi connectivity index (χ4v) is 6.56. The molecule has 1 atom stereocenters. The maximum atomic E-state index is 13.9. The highest BCUT2D eigenvalue weighted by molar-refractivity contribution is 7.92. The lowest BCUT2D eigenvalue weighted by atomic mass is 9.86. The Morgan fingerprint density at radius 2 is 1.62 bits per heavy atom. The molecule has 1 fully saturated rings. The van der Waals surface area contributed by atoms with Crippen LogP contribution in [0.15, 0.2) is 71.6 Å². The Morgan fingerprint density at radius 3 is 2.25 bits per heavy atom. The molecule has 1 saturated heterocycles. The lowest BCUT2D eigenvalue weighted by Gasteiger charge is -2.36. The van der Waals surface area contributed by atoms with Crippen molar-refractivity contribution in [3.8, 4) is 11.5 Å². The number of nitrogens with zero attached hydrogens (tertiary/aromatic N) is 2. The first-order valence-corrected chi connectivity index (χ1v) is 15.1. The molecule has 2 aliphatic heterocycles. The van der Waals surface area contributed by atoms with Gasteiger partial charge in [-0.3, -0.25) is 9.10 Å². The summed E-state index contributed by atoms with van der Waals surface area (Å²) in [5.74, 6) is 0.489. The number of nitrogens with one attached hydrogen (secondary N) is 1. The van der Waals surface area contributed by atoms with Crippen molar-refractivity contribution >= 4 is 33.0 Å². The third-order valence-corrected chi connectivity index (χ3v) is 9.28. The minimum absolute atomic E-state index is 0.106. The molecule has 3 aromatic carbocycles. The monoisotopic (exact) mass is 563 g/mol. The van der Waals surface area contributed by atoms with E-state index in [4.69, 9.17) is 9.47 Å². The van der Waals surface area contributed by atoms with Crippen LogP contribution in [0.2, 0.25) is 0 Å². The van der Waals surface area contributed by atoms with Gasteiger partial charge in [0.15, 0.2) is 6.10 Å². The maximum Gasteiger partial charge on any atom is 0.267 e. The van der Waals surface area contributed by atoms with Gasteiger partial charge in [0, 0.05) is 24.5 Å². The molecule has 1 amide bonds. The molecule has 9 heteroatoms. The van der Waals surface area contributed by atoms with E-state index in [-0.39, 0.29) is 16.9 Å². The summed E-state index contributed by atoms with van der Waals surface area (Å²) in [7, 11) is -2.48. The molecule has 0 saturated carbocycles. The number of ether oxygens (including phenoxy) is 2. The summed E-state index contributed by atoms with van der Waals surface area (Å²) in [6.45, 7) is 8.11. The standard InChI is InChI=1S/C31H37N3O5S/c1-31(2,3)22-8-17-28-27(20-22)34(40(36,37)26-15-13-25(38-4)14-16-26)21-29(39-28)30(35)32-23-9-11-24(12-10-23)33-18-6-5-7-19-33/h8-17,20,29H,5-7,18-19,21H2,1-4H3,(H,32,35). The number of hydrogen-bond donors (Lipinski definition) is 1. The Bertz CT molecular complexity index is 1460. The van der Waals surface area contributed by atoms with E-state index >= 15 is 0 Å². The van der Waals surface area contributed by atoms with Gasteiger partial charge in [0.05, 0.1) is 24.2 Å². The average molecular weight is 564 g/mol. The predicted molar refractivity (Wildman–Crippen MR) is 158 cm³/mol. The molecule has 5 rings (SSSR count). The van der Waals surface area contributed by atoms with E-state index in [0.29, 0.717) is 22.9 Å². The summed E-state index contributed by atoms with van der Waals surface area (Å²) < 4.78 is 40.4. The highest BCUT2D eigenvalue weighted by atomic mass is 32.2. The van der Waals surface area contributed by atoms with Crippen LogP contribution < -0.4 is 24.0 Å². The molecule has 212 valence electrons. The SMILES string of the molecule is COc1ccc(S(=O)(=O)N2CC(C(=O)Nc3ccc(N4CCCCC4)cc3)Oc3ccc(C(C)(C)C)cc32)cc1. The third-order valence-electron chi connectivity index (χ3n) is 7.49. The number of fused-ring (bicyclic) bond motifs is 1. The largest absolute Gasteiger partial charge is 0.497 e. The number of anilines is 3. The normalized spacial score (nSPS) is 17.6. The summed E-state index contributed by atoms with van der Waals surface area (Å²) in [5, 5.41) is 2.91. The maximum absolute atomic E-state index is 13.9. The third kappa shape index (κ3) is 5.75. The van der Waals surface area contributed by atoms with Gasteiger partial charge in [-0.05, 0) is 90.9 Å². The highest BCUT2D eigenvalue weighted by Gasteiger charge is 2.38. The Hall–Kier alpha value is -3.72. The summed E-state index contributed by atoms with van der Waals surface area (Å²) in [5.41, 5.74) is 2.93. The van der Waals surface area contributed by atoms with E-state index < -0.39 is 22.0 Å². The number of amides is 1. The molecule has 3 aromatic rings. The van der Waals surface area contributed by atoms with E-state index in [9.17, 15) is 13.2 Å². The lowest BCUT2D eigenvalue weighted by Crippen LogP contribution is -2.49. The van der Waals surface area contributed by atoms with Crippen LogP contribution in [0.5, 0.6) is 11.5 Å². The van der Waals surface area contributed by atoms with Crippen LogP contribution in [0.25, 0.3) is 0 Å². The first-order chi connectivity index (χ1) is 19.1. The first-order valence-electron chi connectivity index (χ1n) is 13.7. The van der Waals surface area contributed by atoms with E-state index in [2.05, 4.69) is 31.0 Å². The van der Waals surface area contributed by atoms with Gasteiger partial charge in [0.25, 0.3) is 15.9 Å².